The van der Waals surface area contributed by atoms with E-state index in [0.717, 1.165) is 19.3 Å². The highest BCUT2D eigenvalue weighted by molar-refractivity contribution is 5.72. The summed E-state index contributed by atoms with van der Waals surface area (Å²) in [5, 5.41) is 11.1. The van der Waals surface area contributed by atoms with Gasteiger partial charge in [0, 0.05) is 18.4 Å². The third-order valence-corrected chi connectivity index (χ3v) is 4.17. The molecule has 0 aliphatic rings. The number of carbonyl (C=O) groups is 2. The number of nitrogens with zero attached hydrogens (tertiary/aromatic N) is 1. The van der Waals surface area contributed by atoms with E-state index >= 15 is 0 Å². The summed E-state index contributed by atoms with van der Waals surface area (Å²) in [4.78, 5) is 34.0. The molecule has 0 aliphatic carbocycles. The Bertz CT molecular complexity index is 629. The number of nitro groups is 1. The van der Waals surface area contributed by atoms with Gasteiger partial charge in [0.1, 0.15) is 6.61 Å². The van der Waals surface area contributed by atoms with Crippen molar-refractivity contribution in [3.8, 4) is 0 Å². The monoisotopic (exact) mass is 379 g/mol. The van der Waals surface area contributed by atoms with Gasteiger partial charge in [-0.15, -0.1) is 0 Å². The molecule has 150 valence electrons. The maximum atomic E-state index is 11.8. The third-order valence-electron chi connectivity index (χ3n) is 4.17. The number of ether oxygens (including phenoxy) is 2. The topological polar surface area (TPSA) is 95.7 Å². The second-order valence-electron chi connectivity index (χ2n) is 6.49. The van der Waals surface area contributed by atoms with E-state index in [1.165, 1.54) is 12.8 Å². The van der Waals surface area contributed by atoms with Crippen molar-refractivity contribution in [2.75, 3.05) is 6.61 Å². The molecule has 0 saturated carbocycles. The van der Waals surface area contributed by atoms with E-state index in [2.05, 4.69) is 6.92 Å². The first-order chi connectivity index (χ1) is 13.0. The first-order valence-corrected chi connectivity index (χ1v) is 9.49. The average Bonchev–Trinajstić information content (AvgIpc) is 2.62. The van der Waals surface area contributed by atoms with Gasteiger partial charge in [0.15, 0.2) is 0 Å². The van der Waals surface area contributed by atoms with E-state index < -0.39 is 10.9 Å². The van der Waals surface area contributed by atoms with Crippen molar-refractivity contribution in [2.24, 2.45) is 0 Å². The van der Waals surface area contributed by atoms with Crippen molar-refractivity contribution in [1.82, 2.24) is 0 Å². The lowest BCUT2D eigenvalue weighted by atomic mass is 10.1. The number of hydrogen-bond acceptors (Lipinski definition) is 6. The van der Waals surface area contributed by atoms with Gasteiger partial charge in [-0.3, -0.25) is 19.7 Å². The van der Waals surface area contributed by atoms with Gasteiger partial charge >= 0.3 is 11.9 Å². The molecule has 0 atom stereocenters. The highest BCUT2D eigenvalue weighted by Crippen LogP contribution is 2.23. The fraction of sp³-hybridized carbons (Fsp3) is 0.600. The molecular formula is C20H29NO6. The normalized spacial score (nSPS) is 10.4. The number of carbonyl (C=O) groups excluding carboxylic acids is 2. The van der Waals surface area contributed by atoms with Crippen molar-refractivity contribution >= 4 is 17.6 Å². The smallest absolute Gasteiger partial charge is 0.306 e. The van der Waals surface area contributed by atoms with E-state index in [1.807, 2.05) is 0 Å². The van der Waals surface area contributed by atoms with E-state index in [4.69, 9.17) is 9.47 Å². The van der Waals surface area contributed by atoms with Crippen molar-refractivity contribution in [1.29, 1.82) is 0 Å². The van der Waals surface area contributed by atoms with Crippen LogP contribution in [0.2, 0.25) is 0 Å². The molecule has 0 aliphatic heterocycles. The predicted octanol–water partition coefficient (Wildman–Crippen LogP) is 4.63. The number of benzene rings is 1. The lowest BCUT2D eigenvalue weighted by molar-refractivity contribution is -0.386. The van der Waals surface area contributed by atoms with Crippen LogP contribution in [0.1, 0.15) is 69.4 Å². The van der Waals surface area contributed by atoms with Crippen molar-refractivity contribution in [2.45, 2.75) is 71.8 Å². The molecule has 1 aromatic carbocycles. The zero-order valence-electron chi connectivity index (χ0n) is 16.2. The first-order valence-electron chi connectivity index (χ1n) is 9.49. The van der Waals surface area contributed by atoms with Gasteiger partial charge in [-0.25, -0.2) is 0 Å². The lowest BCUT2D eigenvalue weighted by Gasteiger charge is -2.07. The molecule has 0 N–H and O–H groups in total. The van der Waals surface area contributed by atoms with Gasteiger partial charge < -0.3 is 9.47 Å². The Kier molecular flexibility index (Phi) is 10.7. The summed E-state index contributed by atoms with van der Waals surface area (Å²) in [6, 6.07) is 4.89. The zero-order valence-corrected chi connectivity index (χ0v) is 16.2. The van der Waals surface area contributed by atoms with E-state index in [-0.39, 0.29) is 31.1 Å². The summed E-state index contributed by atoms with van der Waals surface area (Å²) >= 11 is 0. The third kappa shape index (κ3) is 9.17. The number of unbranched alkanes of at least 4 members (excludes halogenated alkanes) is 4. The Labute approximate surface area is 160 Å². The minimum atomic E-state index is -0.488. The Morgan fingerprint density at radius 1 is 1.00 bits per heavy atom. The van der Waals surface area contributed by atoms with Crippen molar-refractivity contribution in [3.05, 3.63) is 39.4 Å². The molecule has 0 amide bonds. The highest BCUT2D eigenvalue weighted by atomic mass is 16.6. The average molecular weight is 379 g/mol. The molecule has 0 spiro atoms. The van der Waals surface area contributed by atoms with Crippen LogP contribution in [-0.2, 0) is 25.7 Å². The highest BCUT2D eigenvalue weighted by Gasteiger charge is 2.18. The molecule has 7 nitrogen and oxygen atoms in total. The molecule has 0 heterocycles. The van der Waals surface area contributed by atoms with E-state index in [9.17, 15) is 19.7 Å². The Morgan fingerprint density at radius 2 is 1.67 bits per heavy atom. The molecule has 0 fully saturated rings. The van der Waals surface area contributed by atoms with Crippen LogP contribution in [0.5, 0.6) is 0 Å². The molecule has 0 unspecified atom stereocenters. The Hall–Kier alpha value is -2.44. The van der Waals surface area contributed by atoms with Crippen LogP contribution < -0.4 is 0 Å². The van der Waals surface area contributed by atoms with Gasteiger partial charge in [-0.2, -0.15) is 0 Å². The van der Waals surface area contributed by atoms with E-state index in [1.54, 1.807) is 25.1 Å². The lowest BCUT2D eigenvalue weighted by Crippen LogP contribution is -2.09. The first kappa shape index (κ1) is 22.6. The maximum Gasteiger partial charge on any atom is 0.306 e. The van der Waals surface area contributed by atoms with Gasteiger partial charge in [0.25, 0.3) is 5.69 Å². The summed E-state index contributed by atoms with van der Waals surface area (Å²) in [6.45, 7) is 4.05. The van der Waals surface area contributed by atoms with Crippen LogP contribution >= 0.6 is 0 Å². The number of hydrogen-bond donors (Lipinski definition) is 0. The fourth-order valence-corrected chi connectivity index (χ4v) is 2.67. The Balaban J connectivity index is 2.22. The van der Waals surface area contributed by atoms with Crippen LogP contribution in [0.4, 0.5) is 5.69 Å². The second-order valence-corrected chi connectivity index (χ2v) is 6.49. The number of para-hydroxylation sites is 1. The number of rotatable bonds is 13. The zero-order chi connectivity index (χ0) is 20.1. The van der Waals surface area contributed by atoms with Crippen molar-refractivity contribution < 1.29 is 24.0 Å². The standard InChI is InChI=1S/C20H29NO6/c1-3-4-5-6-7-14-26-18(22)12-9-13-19(23)27-15-17-11-8-10-16(2)20(17)21(24)25/h8,10-11H,3-7,9,12-15H2,1-2H3. The minimum Gasteiger partial charge on any atom is -0.466 e. The van der Waals surface area contributed by atoms with Crippen LogP contribution in [0, 0.1) is 17.0 Å². The quantitative estimate of drug-likeness (QED) is 0.215. The number of aryl methyl sites for hydroxylation is 1. The molecule has 1 aromatic rings. The summed E-state index contributed by atoms with van der Waals surface area (Å²) in [7, 11) is 0. The Morgan fingerprint density at radius 3 is 2.33 bits per heavy atom. The molecule has 0 saturated heterocycles. The summed E-state index contributed by atoms with van der Waals surface area (Å²) in [6.07, 6.45) is 6.01. The van der Waals surface area contributed by atoms with Crippen molar-refractivity contribution in [3.63, 3.8) is 0 Å². The molecule has 1 rings (SSSR count). The number of nitro benzene ring substituents is 1. The SMILES string of the molecule is CCCCCCCOC(=O)CCCC(=O)OCc1cccc(C)c1[N+](=O)[O-]. The van der Waals surface area contributed by atoms with Gasteiger partial charge in [0.2, 0.25) is 0 Å². The predicted molar refractivity (Wildman–Crippen MR) is 101 cm³/mol. The molecule has 7 heteroatoms. The van der Waals surface area contributed by atoms with Gasteiger partial charge in [-0.1, -0.05) is 44.7 Å². The minimum absolute atomic E-state index is 0.0344. The molecule has 0 bridgehead atoms. The maximum absolute atomic E-state index is 11.8. The summed E-state index contributed by atoms with van der Waals surface area (Å²) in [5.41, 5.74) is 0.842. The second kappa shape index (κ2) is 12.8. The molecule has 27 heavy (non-hydrogen) atoms. The largest absolute Gasteiger partial charge is 0.466 e. The van der Waals surface area contributed by atoms with Crippen LogP contribution in [0.3, 0.4) is 0 Å². The van der Waals surface area contributed by atoms with Crippen LogP contribution in [0.15, 0.2) is 18.2 Å². The van der Waals surface area contributed by atoms with Gasteiger partial charge in [-0.05, 0) is 25.8 Å². The fourth-order valence-electron chi connectivity index (χ4n) is 2.67. The molecule has 0 aromatic heterocycles. The molecular weight excluding hydrogens is 350 g/mol. The summed E-state index contributed by atoms with van der Waals surface area (Å²) in [5.74, 6) is -0.800. The number of esters is 2. The molecule has 0 radical (unpaired) electrons. The van der Waals surface area contributed by atoms with E-state index in [0.29, 0.717) is 24.2 Å². The summed E-state index contributed by atoms with van der Waals surface area (Å²) < 4.78 is 10.2. The van der Waals surface area contributed by atoms with Gasteiger partial charge in [0.05, 0.1) is 17.1 Å². The van der Waals surface area contributed by atoms with Crippen LogP contribution in [0.25, 0.3) is 0 Å². The van der Waals surface area contributed by atoms with Crippen LogP contribution in [-0.4, -0.2) is 23.5 Å².